The fourth-order valence-corrected chi connectivity index (χ4v) is 3.00. The van der Waals surface area contributed by atoms with Crippen LogP contribution in [-0.2, 0) is 10.2 Å². The number of aliphatic hydroxyl groups is 1. The molecule has 0 spiro atoms. The van der Waals surface area contributed by atoms with Gasteiger partial charge in [0.15, 0.2) is 0 Å². The van der Waals surface area contributed by atoms with Gasteiger partial charge in [0.2, 0.25) is 5.91 Å². The monoisotopic (exact) mass is 277 g/mol. The topological polar surface area (TPSA) is 49.3 Å². The van der Waals surface area contributed by atoms with Gasteiger partial charge in [-0.1, -0.05) is 24.6 Å². The summed E-state index contributed by atoms with van der Waals surface area (Å²) in [6, 6.07) is 6.56. The molecule has 4 heteroatoms. The zero-order valence-electron chi connectivity index (χ0n) is 11.5. The largest absolute Gasteiger partial charge is 0.396 e. The summed E-state index contributed by atoms with van der Waals surface area (Å²) in [4.78, 5) is 12.5. The lowest BCUT2D eigenvalue weighted by molar-refractivity contribution is -0.130. The highest BCUT2D eigenvalue weighted by Crippen LogP contribution is 2.47. The Hall–Kier alpha value is -1.42. The predicted molar refractivity (Wildman–Crippen MR) is 73.7 cm³/mol. The van der Waals surface area contributed by atoms with Gasteiger partial charge in [-0.05, 0) is 31.7 Å². The maximum atomic E-state index is 14.0. The summed E-state index contributed by atoms with van der Waals surface area (Å²) in [5.41, 5.74) is -0.301. The Morgan fingerprint density at radius 2 is 1.95 bits per heavy atom. The first-order valence-electron chi connectivity index (χ1n) is 7.26. The normalized spacial score (nSPS) is 21.9. The molecule has 108 valence electrons. The summed E-state index contributed by atoms with van der Waals surface area (Å²) in [5, 5.41) is 12.2. The van der Waals surface area contributed by atoms with Crippen molar-refractivity contribution in [2.24, 2.45) is 5.41 Å². The molecular weight excluding hydrogens is 257 g/mol. The van der Waals surface area contributed by atoms with Gasteiger partial charge >= 0.3 is 0 Å². The zero-order valence-corrected chi connectivity index (χ0v) is 11.5. The van der Waals surface area contributed by atoms with Crippen LogP contribution in [0.5, 0.6) is 0 Å². The predicted octanol–water partition coefficient (Wildman–Crippen LogP) is 2.14. The van der Waals surface area contributed by atoms with Gasteiger partial charge in [0, 0.05) is 17.5 Å². The number of benzene rings is 1. The zero-order chi connectivity index (χ0) is 14.2. The van der Waals surface area contributed by atoms with Crippen LogP contribution in [0.15, 0.2) is 24.3 Å². The number of hydrogen-bond acceptors (Lipinski definition) is 2. The summed E-state index contributed by atoms with van der Waals surface area (Å²) in [6.07, 6.45) is 4.26. The maximum absolute atomic E-state index is 14.0. The van der Waals surface area contributed by atoms with Crippen LogP contribution in [0.25, 0.3) is 0 Å². The van der Waals surface area contributed by atoms with Crippen LogP contribution in [0.2, 0.25) is 0 Å². The van der Waals surface area contributed by atoms with Crippen LogP contribution in [-0.4, -0.2) is 24.2 Å². The van der Waals surface area contributed by atoms with Crippen LogP contribution in [0.3, 0.4) is 0 Å². The van der Waals surface area contributed by atoms with Crippen LogP contribution in [0, 0.1) is 11.2 Å². The molecule has 0 saturated heterocycles. The molecule has 0 radical (unpaired) electrons. The van der Waals surface area contributed by atoms with Crippen molar-refractivity contribution in [3.8, 4) is 0 Å². The highest BCUT2D eigenvalue weighted by Gasteiger charge is 2.49. The third-order valence-corrected chi connectivity index (χ3v) is 4.95. The lowest BCUT2D eigenvalue weighted by atomic mass is 9.63. The van der Waals surface area contributed by atoms with E-state index in [4.69, 9.17) is 0 Å². The second-order valence-electron chi connectivity index (χ2n) is 6.26. The molecule has 3 rings (SSSR count). The lowest BCUT2D eigenvalue weighted by Gasteiger charge is -2.41. The number of halogens is 1. The van der Waals surface area contributed by atoms with E-state index in [1.165, 1.54) is 6.07 Å². The molecule has 0 unspecified atom stereocenters. The molecule has 2 aliphatic rings. The molecule has 1 amide bonds. The van der Waals surface area contributed by atoms with Crippen LogP contribution < -0.4 is 5.32 Å². The fraction of sp³-hybridized carbons (Fsp3) is 0.562. The fourth-order valence-electron chi connectivity index (χ4n) is 3.00. The third kappa shape index (κ3) is 2.12. The molecule has 0 aliphatic heterocycles. The smallest absolute Gasteiger partial charge is 0.230 e. The second-order valence-corrected chi connectivity index (χ2v) is 6.26. The van der Waals surface area contributed by atoms with Gasteiger partial charge in [-0.3, -0.25) is 4.79 Å². The number of carbonyl (C=O) groups is 1. The van der Waals surface area contributed by atoms with E-state index in [0.29, 0.717) is 24.9 Å². The van der Waals surface area contributed by atoms with E-state index in [1.807, 2.05) is 0 Å². The van der Waals surface area contributed by atoms with Crippen molar-refractivity contribution in [1.29, 1.82) is 0 Å². The van der Waals surface area contributed by atoms with Gasteiger partial charge < -0.3 is 10.4 Å². The van der Waals surface area contributed by atoms with Crippen molar-refractivity contribution in [2.45, 2.75) is 37.5 Å². The molecule has 20 heavy (non-hydrogen) atoms. The summed E-state index contributed by atoms with van der Waals surface area (Å²) in [6.45, 7) is 0.610. The quantitative estimate of drug-likeness (QED) is 0.866. The molecule has 0 heterocycles. The number of hydrogen-bond donors (Lipinski definition) is 2. The first kappa shape index (κ1) is 13.6. The lowest BCUT2D eigenvalue weighted by Crippen LogP contribution is -2.51. The van der Waals surface area contributed by atoms with Crippen LogP contribution >= 0.6 is 0 Å². The van der Waals surface area contributed by atoms with Gasteiger partial charge in [0.1, 0.15) is 5.82 Å². The van der Waals surface area contributed by atoms with E-state index in [2.05, 4.69) is 5.32 Å². The standard InChI is InChI=1S/C16H20FNO2/c17-13-5-2-1-4-12(13)16(6-3-7-16)14(20)18-10-15(11-19)8-9-15/h1-2,4-5,19H,3,6-11H2,(H,18,20). The molecule has 0 aromatic heterocycles. The third-order valence-electron chi connectivity index (χ3n) is 4.95. The Bertz CT molecular complexity index is 521. The van der Waals surface area contributed by atoms with Crippen molar-refractivity contribution in [1.82, 2.24) is 5.32 Å². The van der Waals surface area contributed by atoms with Crippen molar-refractivity contribution in [2.75, 3.05) is 13.2 Å². The van der Waals surface area contributed by atoms with Crippen molar-refractivity contribution in [3.63, 3.8) is 0 Å². The van der Waals surface area contributed by atoms with E-state index < -0.39 is 5.41 Å². The summed E-state index contributed by atoms with van der Waals surface area (Å²) >= 11 is 0. The Balaban J connectivity index is 1.75. The van der Waals surface area contributed by atoms with E-state index in [0.717, 1.165) is 19.3 Å². The van der Waals surface area contributed by atoms with E-state index in [9.17, 15) is 14.3 Å². The number of amides is 1. The van der Waals surface area contributed by atoms with E-state index >= 15 is 0 Å². The van der Waals surface area contributed by atoms with Crippen molar-refractivity contribution >= 4 is 5.91 Å². The van der Waals surface area contributed by atoms with Gasteiger partial charge in [-0.2, -0.15) is 0 Å². The average Bonchev–Trinajstić information content (AvgIpc) is 3.18. The number of rotatable bonds is 5. The molecule has 2 N–H and O–H groups in total. The van der Waals surface area contributed by atoms with Gasteiger partial charge in [-0.15, -0.1) is 0 Å². The highest BCUT2D eigenvalue weighted by molar-refractivity contribution is 5.89. The first-order chi connectivity index (χ1) is 9.62. The van der Waals surface area contributed by atoms with Crippen LogP contribution in [0.1, 0.15) is 37.7 Å². The highest BCUT2D eigenvalue weighted by atomic mass is 19.1. The summed E-state index contributed by atoms with van der Waals surface area (Å²) < 4.78 is 14.0. The van der Waals surface area contributed by atoms with Gasteiger partial charge in [0.05, 0.1) is 12.0 Å². The molecule has 1 aromatic rings. The minimum Gasteiger partial charge on any atom is -0.396 e. The van der Waals surface area contributed by atoms with E-state index in [-0.39, 0.29) is 23.7 Å². The molecule has 1 aromatic carbocycles. The SMILES string of the molecule is O=C(NCC1(CO)CC1)C1(c2ccccc2F)CCC1. The molecular formula is C16H20FNO2. The average molecular weight is 277 g/mol. The Morgan fingerprint density at radius 1 is 1.25 bits per heavy atom. The minimum atomic E-state index is -0.698. The number of aliphatic hydroxyl groups excluding tert-OH is 1. The van der Waals surface area contributed by atoms with Crippen molar-refractivity contribution in [3.05, 3.63) is 35.6 Å². The number of nitrogens with one attached hydrogen (secondary N) is 1. The number of carbonyl (C=O) groups excluding carboxylic acids is 1. The molecule has 2 aliphatic carbocycles. The Labute approximate surface area is 118 Å². The molecule has 0 atom stereocenters. The van der Waals surface area contributed by atoms with Gasteiger partial charge in [0.25, 0.3) is 0 Å². The molecule has 2 fully saturated rings. The maximum Gasteiger partial charge on any atom is 0.230 e. The van der Waals surface area contributed by atoms with Crippen molar-refractivity contribution < 1.29 is 14.3 Å². The van der Waals surface area contributed by atoms with E-state index in [1.54, 1.807) is 18.2 Å². The molecule has 3 nitrogen and oxygen atoms in total. The summed E-state index contributed by atoms with van der Waals surface area (Å²) in [5.74, 6) is -0.390. The first-order valence-corrected chi connectivity index (χ1v) is 7.26. The Kier molecular flexibility index (Phi) is 3.28. The summed E-state index contributed by atoms with van der Waals surface area (Å²) in [7, 11) is 0. The van der Waals surface area contributed by atoms with Gasteiger partial charge in [-0.25, -0.2) is 4.39 Å². The molecule has 0 bridgehead atoms. The van der Waals surface area contributed by atoms with Crippen LogP contribution in [0.4, 0.5) is 4.39 Å². The molecule has 2 saturated carbocycles. The second kappa shape index (κ2) is 4.85. The Morgan fingerprint density at radius 3 is 2.45 bits per heavy atom. The minimum absolute atomic E-state index is 0.0893.